The second-order valence-electron chi connectivity index (χ2n) is 6.25. The molecule has 1 aliphatic rings. The van der Waals surface area contributed by atoms with Crippen molar-refractivity contribution >= 4 is 5.91 Å². The maximum Gasteiger partial charge on any atom is 0.264 e. The van der Waals surface area contributed by atoms with Crippen LogP contribution in [0.4, 0.5) is 0 Å². The first-order valence-corrected chi connectivity index (χ1v) is 8.70. The second-order valence-corrected chi connectivity index (χ2v) is 6.25. The fourth-order valence-electron chi connectivity index (χ4n) is 3.09. The number of hydrogen-bond donors (Lipinski definition) is 1. The molecule has 1 aliphatic heterocycles. The molecule has 0 atom stereocenters. The van der Waals surface area contributed by atoms with Crippen molar-refractivity contribution in [3.63, 3.8) is 0 Å². The first kappa shape index (κ1) is 16.4. The van der Waals surface area contributed by atoms with Gasteiger partial charge in [-0.2, -0.15) is 0 Å². The van der Waals surface area contributed by atoms with Gasteiger partial charge in [-0.15, -0.1) is 0 Å². The first-order valence-electron chi connectivity index (χ1n) is 8.70. The van der Waals surface area contributed by atoms with E-state index in [9.17, 15) is 9.59 Å². The average molecular weight is 325 g/mol. The lowest BCUT2D eigenvalue weighted by Gasteiger charge is -2.21. The standard InChI is InChI=1S/C19H23N3O2/c23-18-16(14-20-17(21-18)15-10-6-5-7-11-15)19(24)22-12-8-3-1-2-4-9-13-22/h5-7,10-11,14H,1-4,8-9,12-13H2,(H,20,21,23). The van der Waals surface area contributed by atoms with Gasteiger partial charge < -0.3 is 9.88 Å². The van der Waals surface area contributed by atoms with Crippen molar-refractivity contribution in [2.75, 3.05) is 13.1 Å². The monoisotopic (exact) mass is 325 g/mol. The number of aromatic amines is 1. The van der Waals surface area contributed by atoms with Gasteiger partial charge in [0.1, 0.15) is 11.4 Å². The van der Waals surface area contributed by atoms with E-state index in [4.69, 9.17) is 0 Å². The Hall–Kier alpha value is -2.43. The Bertz CT molecular complexity index is 730. The van der Waals surface area contributed by atoms with Gasteiger partial charge in [-0.3, -0.25) is 9.59 Å². The van der Waals surface area contributed by atoms with Crippen LogP contribution in [-0.4, -0.2) is 33.9 Å². The molecule has 0 aliphatic carbocycles. The highest BCUT2D eigenvalue weighted by Gasteiger charge is 2.20. The molecule has 126 valence electrons. The summed E-state index contributed by atoms with van der Waals surface area (Å²) >= 11 is 0. The van der Waals surface area contributed by atoms with Crippen LogP contribution >= 0.6 is 0 Å². The molecule has 1 fully saturated rings. The van der Waals surface area contributed by atoms with E-state index in [0.29, 0.717) is 5.82 Å². The Kier molecular flexibility index (Phi) is 5.41. The zero-order chi connectivity index (χ0) is 16.8. The van der Waals surface area contributed by atoms with Gasteiger partial charge in [0.2, 0.25) is 0 Å². The third kappa shape index (κ3) is 3.91. The lowest BCUT2D eigenvalue weighted by atomic mass is 10.1. The molecule has 3 rings (SSSR count). The van der Waals surface area contributed by atoms with Crippen molar-refractivity contribution in [3.8, 4) is 11.4 Å². The Labute approximate surface area is 141 Å². The first-order chi connectivity index (χ1) is 11.8. The van der Waals surface area contributed by atoms with Gasteiger partial charge in [0, 0.05) is 24.8 Å². The highest BCUT2D eigenvalue weighted by atomic mass is 16.2. The van der Waals surface area contributed by atoms with Crippen LogP contribution in [0, 0.1) is 0 Å². The minimum Gasteiger partial charge on any atom is -0.338 e. The summed E-state index contributed by atoms with van der Waals surface area (Å²) in [7, 11) is 0. The van der Waals surface area contributed by atoms with Gasteiger partial charge >= 0.3 is 0 Å². The molecule has 1 aromatic carbocycles. The molecule has 24 heavy (non-hydrogen) atoms. The number of nitrogens with zero attached hydrogens (tertiary/aromatic N) is 2. The number of H-pyrrole nitrogens is 1. The highest BCUT2D eigenvalue weighted by Crippen LogP contribution is 2.14. The van der Waals surface area contributed by atoms with E-state index >= 15 is 0 Å². The summed E-state index contributed by atoms with van der Waals surface area (Å²) in [6.45, 7) is 1.44. The van der Waals surface area contributed by atoms with Crippen molar-refractivity contribution in [1.29, 1.82) is 0 Å². The molecule has 0 saturated carbocycles. The second kappa shape index (κ2) is 7.90. The van der Waals surface area contributed by atoms with Crippen molar-refractivity contribution < 1.29 is 4.79 Å². The molecule has 1 aromatic heterocycles. The summed E-state index contributed by atoms with van der Waals surface area (Å²) < 4.78 is 0. The van der Waals surface area contributed by atoms with Gasteiger partial charge in [0.15, 0.2) is 0 Å². The molecule has 0 spiro atoms. The van der Waals surface area contributed by atoms with Gasteiger partial charge in [-0.25, -0.2) is 4.98 Å². The average Bonchev–Trinajstić information content (AvgIpc) is 2.76. The van der Waals surface area contributed by atoms with Crippen molar-refractivity contribution in [1.82, 2.24) is 14.9 Å². The smallest absolute Gasteiger partial charge is 0.264 e. The molecule has 0 radical (unpaired) electrons. The Morgan fingerprint density at radius 3 is 2.21 bits per heavy atom. The minimum absolute atomic E-state index is 0.133. The zero-order valence-corrected chi connectivity index (χ0v) is 13.8. The molecule has 2 heterocycles. The van der Waals surface area contributed by atoms with E-state index in [0.717, 1.165) is 44.3 Å². The number of amides is 1. The lowest BCUT2D eigenvalue weighted by Crippen LogP contribution is -2.36. The maximum absolute atomic E-state index is 12.7. The Morgan fingerprint density at radius 1 is 0.958 bits per heavy atom. The molecule has 1 saturated heterocycles. The molecule has 5 heteroatoms. The molecule has 0 unspecified atom stereocenters. The predicted octanol–water partition coefficient (Wildman–Crippen LogP) is 3.23. The van der Waals surface area contributed by atoms with E-state index in [-0.39, 0.29) is 17.0 Å². The summed E-state index contributed by atoms with van der Waals surface area (Å²) in [5, 5.41) is 0. The summed E-state index contributed by atoms with van der Waals surface area (Å²) in [6.07, 6.45) is 8.16. The van der Waals surface area contributed by atoms with Gasteiger partial charge in [0.25, 0.3) is 11.5 Å². The molecule has 5 nitrogen and oxygen atoms in total. The lowest BCUT2D eigenvalue weighted by molar-refractivity contribution is 0.0750. The topological polar surface area (TPSA) is 66.1 Å². The fourth-order valence-corrected chi connectivity index (χ4v) is 3.09. The third-order valence-corrected chi connectivity index (χ3v) is 4.47. The van der Waals surface area contributed by atoms with E-state index in [2.05, 4.69) is 9.97 Å². The normalized spacial score (nSPS) is 16.1. The van der Waals surface area contributed by atoms with Crippen LogP contribution in [0.2, 0.25) is 0 Å². The molecule has 2 aromatic rings. The number of nitrogens with one attached hydrogen (secondary N) is 1. The number of aromatic nitrogens is 2. The van der Waals surface area contributed by atoms with Crippen LogP contribution in [0.25, 0.3) is 11.4 Å². The summed E-state index contributed by atoms with van der Waals surface area (Å²) in [6, 6.07) is 9.43. The fraction of sp³-hybridized carbons (Fsp3) is 0.421. The van der Waals surface area contributed by atoms with Crippen LogP contribution in [0.3, 0.4) is 0 Å². The summed E-state index contributed by atoms with van der Waals surface area (Å²) in [5.74, 6) is 0.284. The number of rotatable bonds is 2. The quantitative estimate of drug-likeness (QED) is 0.922. The highest BCUT2D eigenvalue weighted by molar-refractivity contribution is 5.93. The van der Waals surface area contributed by atoms with Crippen molar-refractivity contribution in [2.24, 2.45) is 0 Å². The van der Waals surface area contributed by atoms with Crippen LogP contribution in [-0.2, 0) is 0 Å². The summed E-state index contributed by atoms with van der Waals surface area (Å²) in [5.41, 5.74) is 0.596. The Morgan fingerprint density at radius 2 is 1.58 bits per heavy atom. The van der Waals surface area contributed by atoms with E-state index in [1.165, 1.54) is 19.0 Å². The molecule has 0 bridgehead atoms. The third-order valence-electron chi connectivity index (χ3n) is 4.47. The predicted molar refractivity (Wildman–Crippen MR) is 93.9 cm³/mol. The molecular weight excluding hydrogens is 302 g/mol. The number of carbonyl (C=O) groups excluding carboxylic acids is 1. The van der Waals surface area contributed by atoms with Gasteiger partial charge in [-0.05, 0) is 12.8 Å². The maximum atomic E-state index is 12.7. The van der Waals surface area contributed by atoms with Crippen molar-refractivity contribution in [2.45, 2.75) is 38.5 Å². The van der Waals surface area contributed by atoms with E-state index in [1.54, 1.807) is 4.90 Å². The Balaban J connectivity index is 1.80. The van der Waals surface area contributed by atoms with Crippen LogP contribution in [0.15, 0.2) is 41.3 Å². The number of hydrogen-bond acceptors (Lipinski definition) is 3. The van der Waals surface area contributed by atoms with Crippen LogP contribution < -0.4 is 5.56 Å². The SMILES string of the molecule is O=C(c1cnc(-c2ccccc2)[nH]c1=O)N1CCCCCCCC1. The molecule has 1 N–H and O–H groups in total. The number of carbonyl (C=O) groups is 1. The van der Waals surface area contributed by atoms with E-state index in [1.807, 2.05) is 30.3 Å². The van der Waals surface area contributed by atoms with Crippen molar-refractivity contribution in [3.05, 3.63) is 52.4 Å². The van der Waals surface area contributed by atoms with Crippen LogP contribution in [0.1, 0.15) is 48.9 Å². The van der Waals surface area contributed by atoms with E-state index < -0.39 is 0 Å². The van der Waals surface area contributed by atoms with Gasteiger partial charge in [-0.1, -0.05) is 56.0 Å². The summed E-state index contributed by atoms with van der Waals surface area (Å²) in [4.78, 5) is 33.9. The largest absolute Gasteiger partial charge is 0.338 e. The zero-order valence-electron chi connectivity index (χ0n) is 13.8. The minimum atomic E-state index is -0.367. The van der Waals surface area contributed by atoms with Gasteiger partial charge in [0.05, 0.1) is 0 Å². The molecular formula is C19H23N3O2. The van der Waals surface area contributed by atoms with Crippen LogP contribution in [0.5, 0.6) is 0 Å². The molecule has 1 amide bonds. The number of benzene rings is 1.